The Bertz CT molecular complexity index is 466. The third-order valence-corrected chi connectivity index (χ3v) is 3.12. The van der Waals surface area contributed by atoms with E-state index in [2.05, 4.69) is 4.99 Å². The van der Waals surface area contributed by atoms with Gasteiger partial charge in [0.25, 0.3) is 0 Å². The van der Waals surface area contributed by atoms with Crippen molar-refractivity contribution in [1.29, 1.82) is 0 Å². The second kappa shape index (κ2) is 3.89. The molecule has 0 saturated carbocycles. The summed E-state index contributed by atoms with van der Waals surface area (Å²) in [6, 6.07) is 0. The lowest BCUT2D eigenvalue weighted by atomic mass is 10.1. The molecule has 7 heteroatoms. The predicted molar refractivity (Wildman–Crippen MR) is 59.2 cm³/mol. The van der Waals surface area contributed by atoms with E-state index >= 15 is 0 Å². The third kappa shape index (κ3) is 2.41. The van der Waals surface area contributed by atoms with Crippen molar-refractivity contribution < 1.29 is 13.2 Å². The Hall–Kier alpha value is -1.37. The summed E-state index contributed by atoms with van der Waals surface area (Å²) in [6.45, 7) is 1.13. The smallest absolute Gasteiger partial charge is 0.238 e. The number of nitrogens with zero attached hydrogens (tertiary/aromatic N) is 2. The molecule has 0 spiro atoms. The highest BCUT2D eigenvalue weighted by Gasteiger charge is 2.32. The molecule has 1 unspecified atom stereocenters. The Morgan fingerprint density at radius 3 is 3.00 bits per heavy atom. The number of aliphatic imine (C=N–C) groups is 1. The Balaban J connectivity index is 2.03. The summed E-state index contributed by atoms with van der Waals surface area (Å²) >= 11 is 0. The van der Waals surface area contributed by atoms with Crippen molar-refractivity contribution >= 4 is 22.3 Å². The molecule has 2 aliphatic heterocycles. The lowest BCUT2D eigenvalue weighted by Gasteiger charge is -2.16. The van der Waals surface area contributed by atoms with Gasteiger partial charge >= 0.3 is 0 Å². The van der Waals surface area contributed by atoms with Crippen LogP contribution in [-0.2, 0) is 14.8 Å². The van der Waals surface area contributed by atoms with Crippen molar-refractivity contribution in [2.45, 2.75) is 6.42 Å². The zero-order chi connectivity index (χ0) is 11.8. The molecule has 1 saturated heterocycles. The molecule has 2 heterocycles. The normalized spacial score (nSPS) is 23.9. The van der Waals surface area contributed by atoms with Gasteiger partial charge in [-0.1, -0.05) is 0 Å². The number of hydrogen-bond acceptors (Lipinski definition) is 5. The molecule has 0 aromatic carbocycles. The molecule has 0 bridgehead atoms. The lowest BCUT2D eigenvalue weighted by Crippen LogP contribution is -2.36. The van der Waals surface area contributed by atoms with Crippen LogP contribution in [-0.4, -0.2) is 44.9 Å². The molecule has 1 fully saturated rings. The van der Waals surface area contributed by atoms with E-state index in [0.29, 0.717) is 19.5 Å². The number of allylic oxidation sites excluding steroid dienone is 1. The van der Waals surface area contributed by atoms with Crippen LogP contribution < -0.4 is 4.72 Å². The average molecular weight is 243 g/mol. The van der Waals surface area contributed by atoms with Gasteiger partial charge in [-0.25, -0.2) is 8.42 Å². The Labute approximate surface area is 94.1 Å². The first-order chi connectivity index (χ1) is 7.46. The average Bonchev–Trinajstić information content (AvgIpc) is 2.58. The quantitative estimate of drug-likeness (QED) is 0.696. The van der Waals surface area contributed by atoms with E-state index in [4.69, 9.17) is 0 Å². The maximum Gasteiger partial charge on any atom is 0.238 e. The molecular weight excluding hydrogens is 230 g/mol. The fourth-order valence-electron chi connectivity index (χ4n) is 1.86. The number of hydrogen-bond donors (Lipinski definition) is 1. The molecule has 16 heavy (non-hydrogen) atoms. The number of rotatable bonds is 2. The summed E-state index contributed by atoms with van der Waals surface area (Å²) in [6.07, 6.45) is 5.21. The first kappa shape index (κ1) is 11.1. The van der Waals surface area contributed by atoms with Crippen LogP contribution in [0.2, 0.25) is 0 Å². The topological polar surface area (TPSA) is 78.8 Å². The van der Waals surface area contributed by atoms with E-state index in [0.717, 1.165) is 12.0 Å². The Morgan fingerprint density at radius 1 is 1.62 bits per heavy atom. The summed E-state index contributed by atoms with van der Waals surface area (Å²) in [5, 5.41) is 0. The van der Waals surface area contributed by atoms with Gasteiger partial charge in [-0.2, -0.15) is 0 Å². The van der Waals surface area contributed by atoms with Crippen molar-refractivity contribution in [2.75, 3.05) is 19.3 Å². The minimum absolute atomic E-state index is 0.314. The molecule has 6 nitrogen and oxygen atoms in total. The van der Waals surface area contributed by atoms with Crippen LogP contribution in [0.4, 0.5) is 0 Å². The maximum absolute atomic E-state index is 11.6. The number of nitrogens with one attached hydrogen (secondary N) is 1. The fourth-order valence-corrected chi connectivity index (χ4v) is 2.39. The van der Waals surface area contributed by atoms with Gasteiger partial charge in [0.15, 0.2) is 0 Å². The minimum Gasteiger partial charge on any atom is -0.336 e. The number of amides is 1. The Morgan fingerprint density at radius 2 is 2.38 bits per heavy atom. The van der Waals surface area contributed by atoms with Crippen molar-refractivity contribution in [3.8, 4) is 0 Å². The second-order valence-electron chi connectivity index (χ2n) is 3.97. The van der Waals surface area contributed by atoms with Crippen LogP contribution in [0.5, 0.6) is 0 Å². The monoisotopic (exact) mass is 243 g/mol. The molecule has 1 amide bonds. The Kier molecular flexibility index (Phi) is 2.71. The molecule has 2 aliphatic rings. The fraction of sp³-hybridized carbons (Fsp3) is 0.556. The molecular formula is C9H13N3O3S. The number of carbonyl (C=O) groups is 1. The summed E-state index contributed by atoms with van der Waals surface area (Å²) in [5.41, 5.74) is 1.05. The van der Waals surface area contributed by atoms with Crippen LogP contribution in [0.25, 0.3) is 0 Å². The minimum atomic E-state index is -3.46. The summed E-state index contributed by atoms with van der Waals surface area (Å²) in [7, 11) is -3.46. The van der Waals surface area contributed by atoms with E-state index in [1.54, 1.807) is 6.34 Å². The van der Waals surface area contributed by atoms with Crippen LogP contribution in [0.15, 0.2) is 16.8 Å². The highest BCUT2D eigenvalue weighted by Crippen LogP contribution is 2.26. The van der Waals surface area contributed by atoms with Crippen LogP contribution in [0, 0.1) is 5.92 Å². The maximum atomic E-state index is 11.6. The molecule has 2 rings (SSSR count). The van der Waals surface area contributed by atoms with Crippen molar-refractivity contribution in [2.24, 2.45) is 10.9 Å². The predicted octanol–water partition coefficient (Wildman–Crippen LogP) is -0.690. The highest BCUT2D eigenvalue weighted by molar-refractivity contribution is 7.89. The molecule has 88 valence electrons. The molecule has 1 atom stereocenters. The standard InChI is InChI=1S/C9H13N3O3S/c1-16(14,15)11-9(13)7-4-8-2-3-10-6-12(8)5-7/h2,6-7H,3-5H2,1H3,(H,11,13). The van der Waals surface area contributed by atoms with E-state index in [1.165, 1.54) is 0 Å². The second-order valence-corrected chi connectivity index (χ2v) is 5.72. The molecule has 0 aromatic heterocycles. The lowest BCUT2D eigenvalue weighted by molar-refractivity contribution is -0.122. The van der Waals surface area contributed by atoms with Gasteiger partial charge in [0.1, 0.15) is 0 Å². The van der Waals surface area contributed by atoms with Gasteiger partial charge in [-0.05, 0) is 6.08 Å². The van der Waals surface area contributed by atoms with Crippen molar-refractivity contribution in [3.05, 3.63) is 11.8 Å². The van der Waals surface area contributed by atoms with Crippen LogP contribution >= 0.6 is 0 Å². The van der Waals surface area contributed by atoms with Gasteiger partial charge in [-0.15, -0.1) is 0 Å². The number of carbonyl (C=O) groups excluding carboxylic acids is 1. The molecule has 0 aromatic rings. The van der Waals surface area contributed by atoms with E-state index < -0.39 is 15.9 Å². The summed E-state index contributed by atoms with van der Waals surface area (Å²) < 4.78 is 23.9. The van der Waals surface area contributed by atoms with E-state index in [1.807, 2.05) is 15.7 Å². The van der Waals surface area contributed by atoms with Gasteiger partial charge in [0.05, 0.1) is 25.1 Å². The molecule has 0 aliphatic carbocycles. The number of sulfonamides is 1. The van der Waals surface area contributed by atoms with Crippen LogP contribution in [0.1, 0.15) is 6.42 Å². The highest BCUT2D eigenvalue weighted by atomic mass is 32.2. The van der Waals surface area contributed by atoms with Gasteiger partial charge in [-0.3, -0.25) is 14.5 Å². The zero-order valence-electron chi connectivity index (χ0n) is 8.88. The molecule has 1 N–H and O–H groups in total. The van der Waals surface area contributed by atoms with Gasteiger partial charge in [0, 0.05) is 18.7 Å². The first-order valence-electron chi connectivity index (χ1n) is 4.93. The van der Waals surface area contributed by atoms with Gasteiger partial charge < -0.3 is 4.90 Å². The summed E-state index contributed by atoms with van der Waals surface area (Å²) in [5.74, 6) is -0.753. The van der Waals surface area contributed by atoms with Gasteiger partial charge in [0.2, 0.25) is 15.9 Å². The summed E-state index contributed by atoms with van der Waals surface area (Å²) in [4.78, 5) is 17.6. The van der Waals surface area contributed by atoms with E-state index in [-0.39, 0.29) is 5.92 Å². The zero-order valence-corrected chi connectivity index (χ0v) is 9.70. The van der Waals surface area contributed by atoms with Crippen LogP contribution in [0.3, 0.4) is 0 Å². The largest absolute Gasteiger partial charge is 0.336 e. The first-order valence-corrected chi connectivity index (χ1v) is 6.82. The van der Waals surface area contributed by atoms with Crippen molar-refractivity contribution in [3.63, 3.8) is 0 Å². The SMILES string of the molecule is CS(=O)(=O)NC(=O)C1CC2=CCN=CN2C1. The third-order valence-electron chi connectivity index (χ3n) is 2.55. The molecule has 0 radical (unpaired) electrons. The van der Waals surface area contributed by atoms with Crippen molar-refractivity contribution in [1.82, 2.24) is 9.62 Å². The van der Waals surface area contributed by atoms with E-state index in [9.17, 15) is 13.2 Å². The number of fused-ring (bicyclic) bond motifs is 1.